The summed E-state index contributed by atoms with van der Waals surface area (Å²) >= 11 is 27.0. The van der Waals surface area contributed by atoms with E-state index in [9.17, 15) is 9.59 Å². The van der Waals surface area contributed by atoms with E-state index in [1.165, 1.54) is 43.6 Å². The molecule has 1 aliphatic carbocycles. The Kier molecular flexibility index (Phi) is 9.10. The van der Waals surface area contributed by atoms with E-state index in [0.717, 1.165) is 0 Å². The molecule has 4 aliphatic heterocycles. The van der Waals surface area contributed by atoms with Crippen molar-refractivity contribution in [3.8, 4) is 12.1 Å². The van der Waals surface area contributed by atoms with E-state index in [2.05, 4.69) is 0 Å². The molecule has 0 fully saturated rings. The van der Waals surface area contributed by atoms with Crippen molar-refractivity contribution >= 4 is 129 Å². The lowest BCUT2D eigenvalue weighted by Gasteiger charge is -2.08. The summed E-state index contributed by atoms with van der Waals surface area (Å²) in [6.07, 6.45) is 0. The van der Waals surface area contributed by atoms with Crippen LogP contribution in [0.1, 0.15) is 0 Å². The van der Waals surface area contributed by atoms with E-state index in [4.69, 9.17) is 33.7 Å². The smallest absolute Gasteiger partial charge is 0.218 e. The highest BCUT2D eigenvalue weighted by molar-refractivity contribution is 8.45. The van der Waals surface area contributed by atoms with Crippen LogP contribution in [0.2, 0.25) is 0 Å². The van der Waals surface area contributed by atoms with Crippen molar-refractivity contribution in [2.45, 2.75) is 0 Å². The van der Waals surface area contributed by atoms with E-state index in [1.54, 1.807) is 16.9 Å². The van der Waals surface area contributed by atoms with Gasteiger partial charge < -0.3 is 0 Å². The molecule has 0 unspecified atom stereocenters. The summed E-state index contributed by atoms with van der Waals surface area (Å²) in [5, 5.41) is 16.0. The number of Topliss-reactive ketones (excluding diaryl/α,β-unsaturated/α-hetero) is 2. The number of allylic oxidation sites excluding steroid dienone is 4. The number of carbonyl (C=O) groups excluding carboxylic acids is 2. The SMILES string of the molecule is C1CSC2=C(S1)SC(=C1SC3=C(SCCS3)S1)S2.N#CC1=C(C#N)C(=O)C(Cl)=C(Cl)C1=O. The molecule has 4 heterocycles. The summed E-state index contributed by atoms with van der Waals surface area (Å²) in [7, 11) is 0. The zero-order valence-corrected chi connectivity index (χ0v) is 23.6. The minimum Gasteiger partial charge on any atom is -0.287 e. The average Bonchev–Trinajstić information content (AvgIpc) is 3.44. The second kappa shape index (κ2) is 11.4. The minimum atomic E-state index is -0.893. The van der Waals surface area contributed by atoms with Crippen LogP contribution in [0, 0.1) is 22.7 Å². The van der Waals surface area contributed by atoms with Crippen molar-refractivity contribution in [3.63, 3.8) is 0 Å². The van der Waals surface area contributed by atoms with Gasteiger partial charge in [0.15, 0.2) is 0 Å². The van der Waals surface area contributed by atoms with Gasteiger partial charge in [0.1, 0.15) is 33.3 Å². The predicted molar refractivity (Wildman–Crippen MR) is 148 cm³/mol. The topological polar surface area (TPSA) is 81.7 Å². The van der Waals surface area contributed by atoms with Crippen molar-refractivity contribution in [1.29, 1.82) is 10.5 Å². The quantitative estimate of drug-likeness (QED) is 0.255. The number of halogens is 2. The Morgan fingerprint density at radius 1 is 0.562 bits per heavy atom. The predicted octanol–water partition coefficient (Wildman–Crippen LogP) is 7.46. The number of nitrogens with zero attached hydrogens (tertiary/aromatic N) is 2. The summed E-state index contributed by atoms with van der Waals surface area (Å²) in [5.74, 6) is 3.33. The zero-order valence-electron chi connectivity index (χ0n) is 15.6. The lowest BCUT2D eigenvalue weighted by molar-refractivity contribution is -0.115. The summed E-state index contributed by atoms with van der Waals surface area (Å²) in [5.41, 5.74) is -1.13. The molecule has 5 rings (SSSR count). The fraction of sp³-hybridized carbons (Fsp3) is 0.222. The summed E-state index contributed by atoms with van der Waals surface area (Å²) < 4.78 is 9.31. The van der Waals surface area contributed by atoms with Gasteiger partial charge in [0.25, 0.3) is 0 Å². The Bertz CT molecular complexity index is 1040. The van der Waals surface area contributed by atoms with Gasteiger partial charge in [-0.05, 0) is 0 Å². The third-order valence-corrected chi connectivity index (χ3v) is 16.8. The highest BCUT2D eigenvalue weighted by atomic mass is 35.5. The number of ketones is 2. The van der Waals surface area contributed by atoms with Gasteiger partial charge in [-0.2, -0.15) is 10.5 Å². The normalized spacial score (nSPS) is 23.1. The Hall–Kier alpha value is 0.400. The molecule has 4 nitrogen and oxygen atoms in total. The molecule has 0 atom stereocenters. The van der Waals surface area contributed by atoms with Gasteiger partial charge in [-0.3, -0.25) is 9.59 Å². The van der Waals surface area contributed by atoms with Crippen LogP contribution in [0.3, 0.4) is 0 Å². The van der Waals surface area contributed by atoms with Gasteiger partial charge in [0.05, 0.1) is 25.4 Å². The van der Waals surface area contributed by atoms with Crippen LogP contribution in [0.4, 0.5) is 0 Å². The molecule has 0 bridgehead atoms. The van der Waals surface area contributed by atoms with Crippen molar-refractivity contribution in [1.82, 2.24) is 0 Å². The molecule has 0 amide bonds. The van der Waals surface area contributed by atoms with Crippen LogP contribution < -0.4 is 0 Å². The summed E-state index contributed by atoms with van der Waals surface area (Å²) in [4.78, 5) is 22.4. The van der Waals surface area contributed by atoms with Crippen molar-refractivity contribution < 1.29 is 9.59 Å². The zero-order chi connectivity index (χ0) is 22.8. The monoisotopic (exact) mass is 610 g/mol. The molecule has 0 aromatic carbocycles. The lowest BCUT2D eigenvalue weighted by Crippen LogP contribution is -2.18. The maximum atomic E-state index is 11.2. The fourth-order valence-corrected chi connectivity index (χ4v) is 15.0. The maximum Gasteiger partial charge on any atom is 0.218 e. The van der Waals surface area contributed by atoms with Crippen LogP contribution in [0.25, 0.3) is 0 Å². The lowest BCUT2D eigenvalue weighted by atomic mass is 9.96. The molecular weight excluding hydrogens is 604 g/mol. The largest absolute Gasteiger partial charge is 0.287 e. The van der Waals surface area contributed by atoms with Crippen LogP contribution in [-0.4, -0.2) is 34.6 Å². The van der Waals surface area contributed by atoms with Gasteiger partial charge in [0.2, 0.25) is 11.6 Å². The van der Waals surface area contributed by atoms with Crippen LogP contribution >= 0.6 is 117 Å². The number of hydrogen-bond donors (Lipinski definition) is 0. The Balaban J connectivity index is 0.000000159. The second-order valence-corrected chi connectivity index (χ2v) is 16.6. The van der Waals surface area contributed by atoms with E-state index in [0.29, 0.717) is 0 Å². The molecule has 5 aliphatic rings. The third kappa shape index (κ3) is 5.30. The minimum absolute atomic E-state index is 0.521. The molecular formula is C18H8Cl2N2O2S8. The molecule has 0 spiro atoms. The summed E-state index contributed by atoms with van der Waals surface area (Å²) in [6, 6.07) is 2.89. The van der Waals surface area contributed by atoms with Gasteiger partial charge in [-0.25, -0.2) is 0 Å². The first-order valence-electron chi connectivity index (χ1n) is 8.59. The maximum absolute atomic E-state index is 11.2. The van der Waals surface area contributed by atoms with Crippen LogP contribution in [-0.2, 0) is 9.59 Å². The van der Waals surface area contributed by atoms with E-state index in [1.807, 2.05) is 94.1 Å². The first kappa shape index (κ1) is 25.5. The Labute approximate surface area is 228 Å². The number of nitriles is 2. The number of thioether (sulfide) groups is 8. The molecule has 0 aromatic rings. The first-order chi connectivity index (χ1) is 15.4. The van der Waals surface area contributed by atoms with Gasteiger partial charge in [-0.15, -0.1) is 47.0 Å². The van der Waals surface area contributed by atoms with Crippen molar-refractivity contribution in [2.75, 3.05) is 23.0 Å². The highest BCUT2D eigenvalue weighted by Crippen LogP contribution is 2.67. The fourth-order valence-electron chi connectivity index (χ4n) is 2.46. The van der Waals surface area contributed by atoms with Gasteiger partial charge in [0, 0.05) is 23.0 Å². The van der Waals surface area contributed by atoms with Gasteiger partial charge in [-0.1, -0.05) is 70.2 Å². The van der Waals surface area contributed by atoms with E-state index < -0.39 is 32.8 Å². The average molecular weight is 612 g/mol. The molecule has 14 heteroatoms. The van der Waals surface area contributed by atoms with Gasteiger partial charge >= 0.3 is 0 Å². The standard InChI is InChI=1S/C10H8S8.C8Cl2N2O2/c1-2-12-6-5(11-1)15-9(16-6)10-17-7-8(18-10)14-4-3-13-7;9-5-6(10)8(14)4(2-12)3(1-11)7(5)13/h1-4H2;. The van der Waals surface area contributed by atoms with Crippen LogP contribution in [0.15, 0.2) is 46.6 Å². The first-order valence-corrected chi connectivity index (χ1v) is 16.6. The number of hydrogen-bond acceptors (Lipinski definition) is 12. The van der Waals surface area contributed by atoms with Crippen molar-refractivity contribution in [2.24, 2.45) is 0 Å². The molecule has 0 radical (unpaired) electrons. The third-order valence-electron chi connectivity index (χ3n) is 3.86. The van der Waals surface area contributed by atoms with E-state index in [-0.39, 0.29) is 0 Å². The second-order valence-electron chi connectivity index (χ2n) is 5.79. The Morgan fingerprint density at radius 2 is 0.844 bits per heavy atom. The summed E-state index contributed by atoms with van der Waals surface area (Å²) in [6.45, 7) is 0. The number of rotatable bonds is 0. The van der Waals surface area contributed by atoms with Crippen molar-refractivity contribution in [3.05, 3.63) is 46.6 Å². The molecule has 0 N–H and O–H groups in total. The highest BCUT2D eigenvalue weighted by Gasteiger charge is 2.34. The van der Waals surface area contributed by atoms with Crippen LogP contribution in [0.5, 0.6) is 0 Å². The molecule has 0 saturated heterocycles. The molecule has 0 saturated carbocycles. The molecule has 32 heavy (non-hydrogen) atoms. The molecule has 0 aromatic heterocycles. The molecule has 164 valence electrons. The van der Waals surface area contributed by atoms with E-state index >= 15 is 0 Å². The Morgan fingerprint density at radius 3 is 1.09 bits per heavy atom. The number of carbonyl (C=O) groups is 2.